The molecule has 0 aromatic carbocycles. The van der Waals surface area contributed by atoms with Crippen LogP contribution in [0.25, 0.3) is 0 Å². The summed E-state index contributed by atoms with van der Waals surface area (Å²) in [6, 6.07) is 1.60. The molecule has 90 valence electrons. The van der Waals surface area contributed by atoms with Gasteiger partial charge in [-0.2, -0.15) is 0 Å². The fraction of sp³-hybridized carbons (Fsp3) is 0.333. The maximum atomic E-state index is 6.07. The van der Waals surface area contributed by atoms with Gasteiger partial charge in [0, 0.05) is 18.6 Å². The largest absolute Gasteiger partial charge is 0.492 e. The maximum absolute atomic E-state index is 6.07. The average Bonchev–Trinajstić information content (AvgIpc) is 2.89. The Morgan fingerprint density at radius 1 is 1.47 bits per heavy atom. The van der Waals surface area contributed by atoms with Crippen molar-refractivity contribution in [3.05, 3.63) is 42.2 Å². The number of aromatic amines is 1. The summed E-state index contributed by atoms with van der Waals surface area (Å²) in [5, 5.41) is 0. The lowest BCUT2D eigenvalue weighted by Gasteiger charge is -2.10. The zero-order chi connectivity index (χ0) is 12.1. The Balaban J connectivity index is 2.15. The molecule has 1 unspecified atom stereocenters. The Morgan fingerprint density at radius 2 is 2.35 bits per heavy atom. The Bertz CT molecular complexity index is 455. The standard InChI is InChI=1S/C12H16N4O/c1-2-5-17-10-6-9(7-14-8-10)11(13)12-15-3-4-16-12/h3-4,6-8,11H,2,5,13H2,1H3,(H,15,16). The van der Waals surface area contributed by atoms with Crippen LogP contribution in [-0.4, -0.2) is 21.6 Å². The molecule has 5 heteroatoms. The molecule has 0 aliphatic heterocycles. The number of imidazole rings is 1. The monoisotopic (exact) mass is 232 g/mol. The number of nitrogens with zero attached hydrogens (tertiary/aromatic N) is 2. The van der Waals surface area contributed by atoms with E-state index in [1.165, 1.54) is 0 Å². The van der Waals surface area contributed by atoms with Gasteiger partial charge in [0.25, 0.3) is 0 Å². The summed E-state index contributed by atoms with van der Waals surface area (Å²) in [5.41, 5.74) is 6.95. The second-order valence-electron chi connectivity index (χ2n) is 3.75. The Labute approximate surface area is 100 Å². The van der Waals surface area contributed by atoms with Crippen molar-refractivity contribution < 1.29 is 4.74 Å². The molecule has 0 fully saturated rings. The second-order valence-corrected chi connectivity index (χ2v) is 3.75. The number of H-pyrrole nitrogens is 1. The van der Waals surface area contributed by atoms with Crippen molar-refractivity contribution in [3.63, 3.8) is 0 Å². The quantitative estimate of drug-likeness (QED) is 0.821. The van der Waals surface area contributed by atoms with E-state index in [2.05, 4.69) is 21.9 Å². The van der Waals surface area contributed by atoms with Crippen LogP contribution in [0.3, 0.4) is 0 Å². The molecule has 3 N–H and O–H groups in total. The zero-order valence-electron chi connectivity index (χ0n) is 9.76. The van der Waals surface area contributed by atoms with Gasteiger partial charge in [-0.1, -0.05) is 6.92 Å². The van der Waals surface area contributed by atoms with Gasteiger partial charge in [-0.25, -0.2) is 4.98 Å². The molecule has 17 heavy (non-hydrogen) atoms. The van der Waals surface area contributed by atoms with Gasteiger partial charge in [0.1, 0.15) is 11.6 Å². The average molecular weight is 232 g/mol. The highest BCUT2D eigenvalue weighted by molar-refractivity contribution is 5.29. The van der Waals surface area contributed by atoms with Crippen LogP contribution in [-0.2, 0) is 0 Å². The summed E-state index contributed by atoms with van der Waals surface area (Å²) in [6.45, 7) is 2.74. The molecule has 0 aliphatic carbocycles. The molecule has 5 nitrogen and oxygen atoms in total. The number of hydrogen-bond acceptors (Lipinski definition) is 4. The molecule has 0 radical (unpaired) electrons. The number of pyridine rings is 1. The first kappa shape index (κ1) is 11.6. The van der Waals surface area contributed by atoms with Gasteiger partial charge in [-0.15, -0.1) is 0 Å². The van der Waals surface area contributed by atoms with Crippen molar-refractivity contribution in [2.24, 2.45) is 5.73 Å². The molecule has 0 aliphatic rings. The minimum absolute atomic E-state index is 0.303. The van der Waals surface area contributed by atoms with E-state index >= 15 is 0 Å². The zero-order valence-corrected chi connectivity index (χ0v) is 9.76. The Kier molecular flexibility index (Phi) is 3.72. The van der Waals surface area contributed by atoms with E-state index in [1.54, 1.807) is 24.8 Å². The first-order chi connectivity index (χ1) is 8.31. The fourth-order valence-corrected chi connectivity index (χ4v) is 1.51. The lowest BCUT2D eigenvalue weighted by Crippen LogP contribution is -2.14. The maximum Gasteiger partial charge on any atom is 0.137 e. The van der Waals surface area contributed by atoms with Crippen LogP contribution >= 0.6 is 0 Å². The van der Waals surface area contributed by atoms with E-state index in [1.807, 2.05) is 6.07 Å². The minimum Gasteiger partial charge on any atom is -0.492 e. The third-order valence-corrected chi connectivity index (χ3v) is 2.38. The molecule has 0 bridgehead atoms. The summed E-state index contributed by atoms with van der Waals surface area (Å²) < 4.78 is 5.51. The van der Waals surface area contributed by atoms with Crippen molar-refractivity contribution in [2.45, 2.75) is 19.4 Å². The molecule has 0 saturated heterocycles. The van der Waals surface area contributed by atoms with Gasteiger partial charge >= 0.3 is 0 Å². The third kappa shape index (κ3) is 2.82. The van der Waals surface area contributed by atoms with E-state index in [9.17, 15) is 0 Å². The number of aromatic nitrogens is 3. The van der Waals surface area contributed by atoms with Gasteiger partial charge in [0.05, 0.1) is 18.8 Å². The predicted molar refractivity (Wildman–Crippen MR) is 64.6 cm³/mol. The topological polar surface area (TPSA) is 76.8 Å². The van der Waals surface area contributed by atoms with Crippen molar-refractivity contribution >= 4 is 0 Å². The van der Waals surface area contributed by atoms with Crippen LogP contribution in [0.5, 0.6) is 5.75 Å². The van der Waals surface area contributed by atoms with Crippen LogP contribution in [0.15, 0.2) is 30.9 Å². The number of rotatable bonds is 5. The van der Waals surface area contributed by atoms with Crippen molar-refractivity contribution in [3.8, 4) is 5.75 Å². The van der Waals surface area contributed by atoms with Gasteiger partial charge < -0.3 is 15.5 Å². The minimum atomic E-state index is -0.303. The first-order valence-corrected chi connectivity index (χ1v) is 5.64. The highest BCUT2D eigenvalue weighted by Crippen LogP contribution is 2.19. The summed E-state index contributed by atoms with van der Waals surface area (Å²) >= 11 is 0. The molecular formula is C12H16N4O. The first-order valence-electron chi connectivity index (χ1n) is 5.64. The summed E-state index contributed by atoms with van der Waals surface area (Å²) in [5.74, 6) is 1.46. The fourth-order valence-electron chi connectivity index (χ4n) is 1.51. The highest BCUT2D eigenvalue weighted by atomic mass is 16.5. The van der Waals surface area contributed by atoms with Crippen LogP contribution in [0.2, 0.25) is 0 Å². The molecule has 2 aromatic heterocycles. The van der Waals surface area contributed by atoms with Crippen molar-refractivity contribution in [1.29, 1.82) is 0 Å². The van der Waals surface area contributed by atoms with Crippen LogP contribution in [0, 0.1) is 0 Å². The number of ether oxygens (including phenoxy) is 1. The molecule has 0 saturated carbocycles. The van der Waals surface area contributed by atoms with Gasteiger partial charge in [0.2, 0.25) is 0 Å². The van der Waals surface area contributed by atoms with Crippen molar-refractivity contribution in [2.75, 3.05) is 6.61 Å². The Morgan fingerprint density at radius 3 is 3.06 bits per heavy atom. The van der Waals surface area contributed by atoms with Crippen LogP contribution < -0.4 is 10.5 Å². The van der Waals surface area contributed by atoms with E-state index < -0.39 is 0 Å². The molecular weight excluding hydrogens is 216 g/mol. The molecule has 2 aromatic rings. The smallest absolute Gasteiger partial charge is 0.137 e. The SMILES string of the molecule is CCCOc1cncc(C(N)c2ncc[nH]2)c1. The molecule has 2 rings (SSSR count). The second kappa shape index (κ2) is 5.45. The number of nitrogens with two attached hydrogens (primary N) is 1. The highest BCUT2D eigenvalue weighted by Gasteiger charge is 2.12. The van der Waals surface area contributed by atoms with Crippen LogP contribution in [0.4, 0.5) is 0 Å². The summed E-state index contributed by atoms with van der Waals surface area (Å²) in [6.07, 6.45) is 7.81. The van der Waals surface area contributed by atoms with Crippen molar-refractivity contribution in [1.82, 2.24) is 15.0 Å². The molecule has 2 heterocycles. The van der Waals surface area contributed by atoms with E-state index in [-0.39, 0.29) is 6.04 Å². The van der Waals surface area contributed by atoms with Gasteiger partial charge in [-0.3, -0.25) is 4.98 Å². The van der Waals surface area contributed by atoms with Crippen LogP contribution in [0.1, 0.15) is 30.8 Å². The molecule has 0 spiro atoms. The Hall–Kier alpha value is -1.88. The normalized spacial score (nSPS) is 12.4. The lowest BCUT2D eigenvalue weighted by atomic mass is 10.1. The lowest BCUT2D eigenvalue weighted by molar-refractivity contribution is 0.315. The van der Waals surface area contributed by atoms with Gasteiger partial charge in [-0.05, 0) is 18.1 Å². The summed E-state index contributed by atoms with van der Waals surface area (Å²) in [4.78, 5) is 11.3. The summed E-state index contributed by atoms with van der Waals surface area (Å²) in [7, 11) is 0. The van der Waals surface area contributed by atoms with Gasteiger partial charge in [0.15, 0.2) is 0 Å². The predicted octanol–water partition coefficient (Wildman–Crippen LogP) is 1.64. The van der Waals surface area contributed by atoms with E-state index in [4.69, 9.17) is 10.5 Å². The molecule has 1 atom stereocenters. The van der Waals surface area contributed by atoms with E-state index in [0.29, 0.717) is 6.61 Å². The number of nitrogens with one attached hydrogen (secondary N) is 1. The number of hydrogen-bond donors (Lipinski definition) is 2. The molecule has 0 amide bonds. The van der Waals surface area contributed by atoms with E-state index in [0.717, 1.165) is 23.6 Å². The third-order valence-electron chi connectivity index (χ3n) is 2.38.